The molecule has 4 heteroatoms. The first-order chi connectivity index (χ1) is 7.85. The number of halogens is 2. The van der Waals surface area contributed by atoms with E-state index in [0.29, 0.717) is 13.0 Å². The molecule has 17 heavy (non-hydrogen) atoms. The fourth-order valence-corrected chi connectivity index (χ4v) is 2.44. The molecule has 2 nitrogen and oxygen atoms in total. The molecule has 1 aliphatic carbocycles. The summed E-state index contributed by atoms with van der Waals surface area (Å²) in [4.78, 5) is 11.9. The van der Waals surface area contributed by atoms with E-state index < -0.39 is 9.75 Å². The van der Waals surface area contributed by atoms with Crippen LogP contribution in [0.3, 0.4) is 0 Å². The highest BCUT2D eigenvalue weighted by Crippen LogP contribution is 2.63. The second kappa shape index (κ2) is 4.18. The van der Waals surface area contributed by atoms with Crippen LogP contribution in [0.25, 0.3) is 0 Å². The summed E-state index contributed by atoms with van der Waals surface area (Å²) in [6.45, 7) is 4.33. The Morgan fingerprint density at radius 2 is 1.88 bits per heavy atom. The average molecular weight is 272 g/mol. The van der Waals surface area contributed by atoms with Crippen molar-refractivity contribution in [3.63, 3.8) is 0 Å². The van der Waals surface area contributed by atoms with Crippen LogP contribution in [0.1, 0.15) is 24.5 Å². The molecule has 0 spiro atoms. The van der Waals surface area contributed by atoms with Crippen molar-refractivity contribution < 1.29 is 4.79 Å². The third-order valence-electron chi connectivity index (χ3n) is 3.33. The van der Waals surface area contributed by atoms with E-state index in [0.717, 1.165) is 5.56 Å². The highest BCUT2D eigenvalue weighted by Gasteiger charge is 2.67. The number of carbonyl (C=O) groups is 1. The van der Waals surface area contributed by atoms with Crippen molar-refractivity contribution in [2.24, 2.45) is 5.41 Å². The maximum Gasteiger partial charge on any atom is 0.229 e. The Kier molecular flexibility index (Phi) is 3.13. The van der Waals surface area contributed by atoms with E-state index in [1.54, 1.807) is 6.92 Å². The standard InChI is InChI=1S/C13H15Cl2NO/c1-9-3-5-10(6-4-9)7-16-11(17)12(2)8-13(12,14)15/h3-6H,7-8H2,1-2H3,(H,16,17). The van der Waals surface area contributed by atoms with Gasteiger partial charge in [0.1, 0.15) is 4.33 Å². The Morgan fingerprint density at radius 1 is 1.35 bits per heavy atom. The van der Waals surface area contributed by atoms with Crippen LogP contribution in [-0.2, 0) is 11.3 Å². The summed E-state index contributed by atoms with van der Waals surface area (Å²) < 4.78 is -0.898. The zero-order chi connectivity index (χ0) is 12.7. The van der Waals surface area contributed by atoms with E-state index in [1.165, 1.54) is 5.56 Å². The smallest absolute Gasteiger partial charge is 0.229 e. The van der Waals surface area contributed by atoms with Gasteiger partial charge in [-0.15, -0.1) is 23.2 Å². The van der Waals surface area contributed by atoms with Crippen molar-refractivity contribution in [3.05, 3.63) is 35.4 Å². The SMILES string of the molecule is Cc1ccc(CNC(=O)C2(C)CC2(Cl)Cl)cc1. The first-order valence-corrected chi connectivity index (χ1v) is 6.32. The van der Waals surface area contributed by atoms with Crippen LogP contribution < -0.4 is 5.32 Å². The van der Waals surface area contributed by atoms with E-state index in [1.807, 2.05) is 31.2 Å². The number of rotatable bonds is 3. The van der Waals surface area contributed by atoms with E-state index in [4.69, 9.17) is 23.2 Å². The minimum Gasteiger partial charge on any atom is -0.351 e. The second-order valence-corrected chi connectivity index (χ2v) is 6.37. The van der Waals surface area contributed by atoms with Gasteiger partial charge in [0.15, 0.2) is 0 Å². The van der Waals surface area contributed by atoms with Crippen LogP contribution >= 0.6 is 23.2 Å². The summed E-state index contributed by atoms with van der Waals surface area (Å²) in [5.74, 6) is -0.0805. The summed E-state index contributed by atoms with van der Waals surface area (Å²) in [5, 5.41) is 2.87. The molecule has 1 N–H and O–H groups in total. The zero-order valence-corrected chi connectivity index (χ0v) is 11.4. The maximum absolute atomic E-state index is 11.9. The van der Waals surface area contributed by atoms with E-state index in [9.17, 15) is 4.79 Å². The van der Waals surface area contributed by atoms with Gasteiger partial charge in [-0.3, -0.25) is 4.79 Å². The summed E-state index contributed by atoms with van der Waals surface area (Å²) in [5.41, 5.74) is 1.64. The van der Waals surface area contributed by atoms with Crippen LogP contribution in [0, 0.1) is 12.3 Å². The molecule has 1 fully saturated rings. The predicted octanol–water partition coefficient (Wildman–Crippen LogP) is 3.20. The van der Waals surface area contributed by atoms with Gasteiger partial charge < -0.3 is 5.32 Å². The quantitative estimate of drug-likeness (QED) is 0.841. The first-order valence-electron chi connectivity index (χ1n) is 5.57. The lowest BCUT2D eigenvalue weighted by Crippen LogP contribution is -2.32. The van der Waals surface area contributed by atoms with Crippen LogP contribution in [0.5, 0.6) is 0 Å². The van der Waals surface area contributed by atoms with Crippen LogP contribution in [0.2, 0.25) is 0 Å². The normalized spacial score (nSPS) is 25.4. The predicted molar refractivity (Wildman–Crippen MR) is 70.2 cm³/mol. The van der Waals surface area contributed by atoms with Crippen LogP contribution in [0.15, 0.2) is 24.3 Å². The lowest BCUT2D eigenvalue weighted by atomic mass is 10.1. The van der Waals surface area contributed by atoms with E-state index in [-0.39, 0.29) is 5.91 Å². The summed E-state index contributed by atoms with van der Waals surface area (Å²) in [6, 6.07) is 8.04. The highest BCUT2D eigenvalue weighted by atomic mass is 35.5. The second-order valence-electron chi connectivity index (χ2n) is 4.88. The molecule has 0 bridgehead atoms. The third kappa shape index (κ3) is 2.43. The number of aryl methyl sites for hydroxylation is 1. The van der Waals surface area contributed by atoms with Gasteiger partial charge in [0.25, 0.3) is 0 Å². The highest BCUT2D eigenvalue weighted by molar-refractivity contribution is 6.53. The lowest BCUT2D eigenvalue weighted by Gasteiger charge is -2.12. The number of hydrogen-bond donors (Lipinski definition) is 1. The molecule has 0 radical (unpaired) electrons. The zero-order valence-electron chi connectivity index (χ0n) is 9.89. The number of benzene rings is 1. The Hall–Kier alpha value is -0.730. The van der Waals surface area contributed by atoms with Gasteiger partial charge in [0, 0.05) is 6.54 Å². The Balaban J connectivity index is 1.91. The van der Waals surface area contributed by atoms with Gasteiger partial charge in [0.2, 0.25) is 5.91 Å². The van der Waals surface area contributed by atoms with Crippen molar-refractivity contribution in [1.82, 2.24) is 5.32 Å². The Morgan fingerprint density at radius 3 is 2.35 bits per heavy atom. The van der Waals surface area contributed by atoms with Crippen LogP contribution in [-0.4, -0.2) is 10.2 Å². The molecule has 0 saturated heterocycles. The van der Waals surface area contributed by atoms with E-state index >= 15 is 0 Å². The fourth-order valence-electron chi connectivity index (χ4n) is 1.73. The molecule has 1 aromatic carbocycles. The monoisotopic (exact) mass is 271 g/mol. The Labute approximate surface area is 111 Å². The third-order valence-corrected chi connectivity index (χ3v) is 4.43. The van der Waals surface area contributed by atoms with Gasteiger partial charge in [0.05, 0.1) is 5.41 Å². The molecule has 0 heterocycles. The fraction of sp³-hybridized carbons (Fsp3) is 0.462. The van der Waals surface area contributed by atoms with Gasteiger partial charge in [-0.2, -0.15) is 0 Å². The molecule has 0 aromatic heterocycles. The minimum atomic E-state index is -0.898. The first kappa shape index (κ1) is 12.7. The largest absolute Gasteiger partial charge is 0.351 e. The molecule has 1 amide bonds. The number of nitrogens with one attached hydrogen (secondary N) is 1. The van der Waals surface area contributed by atoms with Crippen molar-refractivity contribution in [1.29, 1.82) is 0 Å². The van der Waals surface area contributed by atoms with Gasteiger partial charge in [-0.25, -0.2) is 0 Å². The van der Waals surface area contributed by atoms with Crippen molar-refractivity contribution in [3.8, 4) is 0 Å². The molecule has 1 aromatic rings. The molecule has 0 aliphatic heterocycles. The number of amides is 1. The molecule has 2 rings (SSSR count). The van der Waals surface area contributed by atoms with Gasteiger partial charge in [-0.1, -0.05) is 29.8 Å². The molecular weight excluding hydrogens is 257 g/mol. The van der Waals surface area contributed by atoms with Crippen molar-refractivity contribution >= 4 is 29.1 Å². The van der Waals surface area contributed by atoms with Crippen molar-refractivity contribution in [2.45, 2.75) is 31.1 Å². The maximum atomic E-state index is 11.9. The number of hydrogen-bond acceptors (Lipinski definition) is 1. The Bertz CT molecular complexity index is 441. The van der Waals surface area contributed by atoms with E-state index in [2.05, 4.69) is 5.32 Å². The summed E-state index contributed by atoms with van der Waals surface area (Å²) >= 11 is 11.9. The minimum absolute atomic E-state index is 0.0805. The molecule has 1 unspecified atom stereocenters. The number of alkyl halides is 2. The van der Waals surface area contributed by atoms with Crippen molar-refractivity contribution in [2.75, 3.05) is 0 Å². The van der Waals surface area contributed by atoms with Crippen LogP contribution in [0.4, 0.5) is 0 Å². The topological polar surface area (TPSA) is 29.1 Å². The summed E-state index contributed by atoms with van der Waals surface area (Å²) in [7, 11) is 0. The number of carbonyl (C=O) groups excluding carboxylic acids is 1. The molecular formula is C13H15Cl2NO. The average Bonchev–Trinajstić information content (AvgIpc) is 2.78. The molecule has 1 aliphatic rings. The summed E-state index contributed by atoms with van der Waals surface area (Å²) in [6.07, 6.45) is 0.517. The molecule has 92 valence electrons. The lowest BCUT2D eigenvalue weighted by molar-refractivity contribution is -0.125. The van der Waals surface area contributed by atoms with Gasteiger partial charge >= 0.3 is 0 Å². The molecule has 1 saturated carbocycles. The molecule has 1 atom stereocenters. The van der Waals surface area contributed by atoms with Gasteiger partial charge in [-0.05, 0) is 25.8 Å².